The van der Waals surface area contributed by atoms with Gasteiger partial charge < -0.3 is 14.8 Å². The first-order valence-corrected chi connectivity index (χ1v) is 11.5. The molecule has 0 atom stereocenters. The molecule has 0 saturated carbocycles. The summed E-state index contributed by atoms with van der Waals surface area (Å²) in [6, 6.07) is 12.8. The van der Waals surface area contributed by atoms with Crippen molar-refractivity contribution in [3.63, 3.8) is 0 Å². The standard InChI is InChI=1S/C25H27N7O/c1-17-19(18(2)32-24(28-17)26-16-27-32)9-10-23(33)30-14-11-25(12-15-30)22-8-5-13-31(22)21-7-4-3-6-20(21)29-25/h3-8,13,16,29H,9-12,14-15H2,1-2H3. The molecule has 8 heteroatoms. The zero-order chi connectivity index (χ0) is 22.6. The summed E-state index contributed by atoms with van der Waals surface area (Å²) in [5, 5.41) is 8.07. The van der Waals surface area contributed by atoms with Crippen molar-refractivity contribution >= 4 is 17.4 Å². The Kier molecular flexibility index (Phi) is 4.50. The molecule has 2 aliphatic rings. The highest BCUT2D eigenvalue weighted by molar-refractivity contribution is 5.77. The van der Waals surface area contributed by atoms with Crippen molar-refractivity contribution in [1.82, 2.24) is 29.0 Å². The van der Waals surface area contributed by atoms with Gasteiger partial charge in [-0.2, -0.15) is 10.1 Å². The second-order valence-corrected chi connectivity index (χ2v) is 9.10. The van der Waals surface area contributed by atoms with Gasteiger partial charge in [0.15, 0.2) is 0 Å². The zero-order valence-electron chi connectivity index (χ0n) is 19.0. The Bertz CT molecular complexity index is 1360. The number of hydrogen-bond acceptors (Lipinski definition) is 5. The number of nitrogens with zero attached hydrogens (tertiary/aromatic N) is 6. The van der Waals surface area contributed by atoms with Gasteiger partial charge in [0.05, 0.1) is 16.9 Å². The SMILES string of the molecule is Cc1nc2ncnn2c(C)c1CCC(=O)N1CCC2(CC1)Nc1ccccc1-n1cccc12. The second kappa shape index (κ2) is 7.43. The third-order valence-electron chi connectivity index (χ3n) is 7.32. The lowest BCUT2D eigenvalue weighted by Crippen LogP contribution is -2.51. The first kappa shape index (κ1) is 20.0. The summed E-state index contributed by atoms with van der Waals surface area (Å²) in [6.07, 6.45) is 6.57. The molecule has 1 amide bonds. The number of amides is 1. The van der Waals surface area contributed by atoms with E-state index >= 15 is 0 Å². The smallest absolute Gasteiger partial charge is 0.252 e. The molecule has 1 aromatic carbocycles. The average molecular weight is 442 g/mol. The van der Waals surface area contributed by atoms with Gasteiger partial charge in [0.1, 0.15) is 6.33 Å². The average Bonchev–Trinajstić information content (AvgIpc) is 3.50. The number of rotatable bonds is 3. The van der Waals surface area contributed by atoms with E-state index in [4.69, 9.17) is 0 Å². The van der Waals surface area contributed by atoms with Gasteiger partial charge in [-0.15, -0.1) is 0 Å². The van der Waals surface area contributed by atoms with Crippen molar-refractivity contribution in [2.75, 3.05) is 18.4 Å². The van der Waals surface area contributed by atoms with E-state index in [1.54, 1.807) is 4.52 Å². The predicted octanol–water partition coefficient (Wildman–Crippen LogP) is 3.41. The predicted molar refractivity (Wildman–Crippen MR) is 125 cm³/mol. The van der Waals surface area contributed by atoms with Gasteiger partial charge in [-0.05, 0) is 62.9 Å². The quantitative estimate of drug-likeness (QED) is 0.527. The lowest BCUT2D eigenvalue weighted by molar-refractivity contribution is -0.132. The van der Waals surface area contributed by atoms with Crippen molar-refractivity contribution in [2.45, 2.75) is 45.1 Å². The van der Waals surface area contributed by atoms with Crippen LogP contribution in [-0.4, -0.2) is 48.0 Å². The third-order valence-corrected chi connectivity index (χ3v) is 7.32. The highest BCUT2D eigenvalue weighted by Gasteiger charge is 2.42. The van der Waals surface area contributed by atoms with Gasteiger partial charge >= 0.3 is 0 Å². The Morgan fingerprint density at radius 3 is 2.79 bits per heavy atom. The van der Waals surface area contributed by atoms with Crippen LogP contribution in [0.1, 0.15) is 41.9 Å². The maximum Gasteiger partial charge on any atom is 0.252 e. The van der Waals surface area contributed by atoms with Gasteiger partial charge in [0, 0.05) is 42.8 Å². The van der Waals surface area contributed by atoms with Crippen LogP contribution in [0.5, 0.6) is 0 Å². The van der Waals surface area contributed by atoms with Crippen LogP contribution in [0.25, 0.3) is 11.5 Å². The highest BCUT2D eigenvalue weighted by atomic mass is 16.2. The molecule has 6 rings (SSSR count). The number of benzene rings is 1. The van der Waals surface area contributed by atoms with E-state index in [2.05, 4.69) is 67.5 Å². The molecule has 4 aromatic rings. The molecular weight excluding hydrogens is 414 g/mol. The molecule has 0 unspecified atom stereocenters. The molecule has 33 heavy (non-hydrogen) atoms. The Hall–Kier alpha value is -3.68. The lowest BCUT2D eigenvalue weighted by atomic mass is 9.82. The first-order chi connectivity index (χ1) is 16.1. The summed E-state index contributed by atoms with van der Waals surface area (Å²) < 4.78 is 4.04. The van der Waals surface area contributed by atoms with Crippen LogP contribution in [0, 0.1) is 13.8 Å². The summed E-state index contributed by atoms with van der Waals surface area (Å²) in [7, 11) is 0. The molecule has 1 saturated heterocycles. The second-order valence-electron chi connectivity index (χ2n) is 9.10. The molecule has 0 aliphatic carbocycles. The van der Waals surface area contributed by atoms with E-state index in [0.717, 1.165) is 48.6 Å². The number of likely N-dealkylation sites (tertiary alicyclic amines) is 1. The first-order valence-electron chi connectivity index (χ1n) is 11.5. The van der Waals surface area contributed by atoms with E-state index in [0.29, 0.717) is 18.6 Å². The number of carbonyl (C=O) groups excluding carboxylic acids is 1. The van der Waals surface area contributed by atoms with Crippen molar-refractivity contribution in [1.29, 1.82) is 0 Å². The summed E-state index contributed by atoms with van der Waals surface area (Å²) >= 11 is 0. The maximum atomic E-state index is 13.1. The number of piperidine rings is 1. The topological polar surface area (TPSA) is 80.3 Å². The van der Waals surface area contributed by atoms with Crippen LogP contribution in [0.3, 0.4) is 0 Å². The van der Waals surface area contributed by atoms with E-state index < -0.39 is 0 Å². The minimum Gasteiger partial charge on any atom is -0.372 e. The van der Waals surface area contributed by atoms with Gasteiger partial charge in [-0.3, -0.25) is 4.79 Å². The molecule has 8 nitrogen and oxygen atoms in total. The maximum absolute atomic E-state index is 13.1. The Labute approximate surface area is 192 Å². The van der Waals surface area contributed by atoms with Crippen molar-refractivity contribution in [2.24, 2.45) is 0 Å². The number of aryl methyl sites for hydroxylation is 2. The zero-order valence-corrected chi connectivity index (χ0v) is 19.0. The Morgan fingerprint density at radius 1 is 1.12 bits per heavy atom. The number of anilines is 1. The molecule has 3 aromatic heterocycles. The van der Waals surface area contributed by atoms with Crippen molar-refractivity contribution in [3.8, 4) is 5.69 Å². The molecule has 1 N–H and O–H groups in total. The van der Waals surface area contributed by atoms with Crippen LogP contribution >= 0.6 is 0 Å². The number of aromatic nitrogens is 5. The molecule has 1 spiro atoms. The van der Waals surface area contributed by atoms with Crippen molar-refractivity contribution < 1.29 is 4.79 Å². The Morgan fingerprint density at radius 2 is 1.94 bits per heavy atom. The molecule has 1 fully saturated rings. The fraction of sp³-hybridized carbons (Fsp3) is 0.360. The number of carbonyl (C=O) groups is 1. The monoisotopic (exact) mass is 441 g/mol. The van der Waals surface area contributed by atoms with Crippen LogP contribution in [0.2, 0.25) is 0 Å². The van der Waals surface area contributed by atoms with Crippen LogP contribution in [-0.2, 0) is 16.8 Å². The van der Waals surface area contributed by atoms with Gasteiger partial charge in [0.25, 0.3) is 5.78 Å². The van der Waals surface area contributed by atoms with Gasteiger partial charge in [-0.25, -0.2) is 9.50 Å². The third kappa shape index (κ3) is 3.12. The molecule has 0 radical (unpaired) electrons. The van der Waals surface area contributed by atoms with E-state index in [1.807, 2.05) is 18.7 Å². The molecule has 0 bridgehead atoms. The number of para-hydroxylation sites is 2. The number of fused-ring (bicyclic) bond motifs is 5. The summed E-state index contributed by atoms with van der Waals surface area (Å²) in [5.41, 5.74) is 6.50. The van der Waals surface area contributed by atoms with Crippen LogP contribution in [0.15, 0.2) is 48.9 Å². The minimum atomic E-state index is -0.135. The molecule has 168 valence electrons. The molecular formula is C25H27N7O. The summed E-state index contributed by atoms with van der Waals surface area (Å²) in [5.74, 6) is 0.807. The summed E-state index contributed by atoms with van der Waals surface area (Å²) in [4.78, 5) is 23.8. The Balaban J connectivity index is 1.16. The van der Waals surface area contributed by atoms with Crippen LogP contribution < -0.4 is 5.32 Å². The molecule has 2 aliphatic heterocycles. The lowest BCUT2D eigenvalue weighted by Gasteiger charge is -2.46. The van der Waals surface area contributed by atoms with Gasteiger partial charge in [-0.1, -0.05) is 12.1 Å². The normalized spacial score (nSPS) is 16.5. The largest absolute Gasteiger partial charge is 0.372 e. The number of nitrogens with one attached hydrogen (secondary N) is 1. The van der Waals surface area contributed by atoms with E-state index in [-0.39, 0.29) is 11.4 Å². The van der Waals surface area contributed by atoms with Gasteiger partial charge in [0.2, 0.25) is 5.91 Å². The summed E-state index contributed by atoms with van der Waals surface area (Å²) in [6.45, 7) is 5.49. The fourth-order valence-electron chi connectivity index (χ4n) is 5.52. The van der Waals surface area contributed by atoms with E-state index in [1.165, 1.54) is 17.7 Å². The highest BCUT2D eigenvalue weighted by Crippen LogP contribution is 2.43. The fourth-order valence-corrected chi connectivity index (χ4v) is 5.52. The van der Waals surface area contributed by atoms with Crippen molar-refractivity contribution in [3.05, 3.63) is 71.6 Å². The van der Waals surface area contributed by atoms with Crippen LogP contribution in [0.4, 0.5) is 5.69 Å². The minimum absolute atomic E-state index is 0.135. The molecule has 5 heterocycles. The van der Waals surface area contributed by atoms with E-state index in [9.17, 15) is 4.79 Å². The number of hydrogen-bond donors (Lipinski definition) is 1.